The summed E-state index contributed by atoms with van der Waals surface area (Å²) in [4.78, 5) is 12.3. The second-order valence-corrected chi connectivity index (χ2v) is 5.73. The lowest BCUT2D eigenvalue weighted by Crippen LogP contribution is -2.56. The highest BCUT2D eigenvalue weighted by Gasteiger charge is 2.47. The summed E-state index contributed by atoms with van der Waals surface area (Å²) >= 11 is 0. The van der Waals surface area contributed by atoms with Crippen LogP contribution in [0.1, 0.15) is 44.6 Å². The molecule has 0 saturated heterocycles. The van der Waals surface area contributed by atoms with E-state index in [0.717, 1.165) is 25.7 Å². The second-order valence-electron chi connectivity index (χ2n) is 5.73. The molecule has 2 saturated carbocycles. The molecule has 1 heterocycles. The van der Waals surface area contributed by atoms with Crippen molar-refractivity contribution in [3.05, 3.63) is 18.5 Å². The molecule has 19 heavy (non-hydrogen) atoms. The number of rotatable bonds is 4. The first-order valence-electron chi connectivity index (χ1n) is 7.09. The molecule has 0 aromatic carbocycles. The van der Waals surface area contributed by atoms with Crippen molar-refractivity contribution in [3.8, 4) is 0 Å². The molecule has 5 nitrogen and oxygen atoms in total. The van der Waals surface area contributed by atoms with E-state index >= 15 is 0 Å². The number of carbonyl (C=O) groups is 1. The van der Waals surface area contributed by atoms with Crippen LogP contribution >= 0.6 is 0 Å². The quantitative estimate of drug-likeness (QED) is 0.839. The molecule has 1 N–H and O–H groups in total. The molecule has 0 amide bonds. The van der Waals surface area contributed by atoms with E-state index in [1.165, 1.54) is 20.0 Å². The molecule has 2 aliphatic carbocycles. The van der Waals surface area contributed by atoms with Gasteiger partial charge >= 0.3 is 5.97 Å². The number of hydrogen-bond acceptors (Lipinski definition) is 4. The van der Waals surface area contributed by atoms with E-state index in [4.69, 9.17) is 4.74 Å². The molecular formula is C14H21N3O2. The van der Waals surface area contributed by atoms with Crippen molar-refractivity contribution in [2.24, 2.45) is 0 Å². The third kappa shape index (κ3) is 2.52. The molecule has 0 radical (unpaired) electrons. The Balaban J connectivity index is 1.80. The van der Waals surface area contributed by atoms with Gasteiger partial charge in [-0.1, -0.05) is 0 Å². The Kier molecular flexibility index (Phi) is 3.31. The van der Waals surface area contributed by atoms with Gasteiger partial charge in [0.1, 0.15) is 5.54 Å². The third-order valence-electron chi connectivity index (χ3n) is 4.26. The summed E-state index contributed by atoms with van der Waals surface area (Å²) in [5, 5.41) is 7.86. The van der Waals surface area contributed by atoms with E-state index in [1.54, 1.807) is 6.20 Å². The molecule has 1 aromatic rings. The van der Waals surface area contributed by atoms with Crippen LogP contribution in [0, 0.1) is 0 Å². The lowest BCUT2D eigenvalue weighted by Gasteiger charge is -2.39. The highest BCUT2D eigenvalue weighted by molar-refractivity contribution is 5.81. The highest BCUT2D eigenvalue weighted by atomic mass is 16.5. The van der Waals surface area contributed by atoms with Crippen molar-refractivity contribution in [2.75, 3.05) is 7.11 Å². The summed E-state index contributed by atoms with van der Waals surface area (Å²) in [7, 11) is 1.48. The maximum Gasteiger partial charge on any atom is 0.326 e. The third-order valence-corrected chi connectivity index (χ3v) is 4.26. The molecule has 1 aromatic heterocycles. The average Bonchev–Trinajstić information content (AvgIpc) is 3.08. The van der Waals surface area contributed by atoms with Gasteiger partial charge in [0, 0.05) is 18.4 Å². The standard InChI is InChI=1S/C14H21N3O2/c1-19-13(18)14(16-11-5-6-11)7-2-4-12(10-14)17-9-3-8-15-17/h3,8-9,11-12,16H,2,4-7,10H2,1H3. The van der Waals surface area contributed by atoms with Crippen LogP contribution in [0.25, 0.3) is 0 Å². The van der Waals surface area contributed by atoms with E-state index in [2.05, 4.69) is 10.4 Å². The largest absolute Gasteiger partial charge is 0.468 e. The molecule has 0 spiro atoms. The predicted octanol–water partition coefficient (Wildman–Crippen LogP) is 1.66. The van der Waals surface area contributed by atoms with Crippen molar-refractivity contribution in [3.63, 3.8) is 0 Å². The molecule has 5 heteroatoms. The van der Waals surface area contributed by atoms with Gasteiger partial charge in [-0.3, -0.25) is 14.8 Å². The van der Waals surface area contributed by atoms with Crippen LogP contribution in [-0.4, -0.2) is 34.4 Å². The summed E-state index contributed by atoms with van der Waals surface area (Å²) in [5.41, 5.74) is -0.509. The number of hydrogen-bond donors (Lipinski definition) is 1. The normalized spacial score (nSPS) is 31.1. The first kappa shape index (κ1) is 12.7. The van der Waals surface area contributed by atoms with Crippen molar-refractivity contribution in [2.45, 2.75) is 56.1 Å². The Morgan fingerprint density at radius 1 is 1.47 bits per heavy atom. The van der Waals surface area contributed by atoms with Crippen LogP contribution < -0.4 is 5.32 Å². The number of ether oxygens (including phenoxy) is 1. The molecule has 2 aliphatic rings. The van der Waals surface area contributed by atoms with Gasteiger partial charge in [0.25, 0.3) is 0 Å². The summed E-state index contributed by atoms with van der Waals surface area (Å²) in [6.45, 7) is 0. The molecular weight excluding hydrogens is 242 g/mol. The Morgan fingerprint density at radius 3 is 2.95 bits per heavy atom. The molecule has 0 bridgehead atoms. The first-order chi connectivity index (χ1) is 9.23. The van der Waals surface area contributed by atoms with Crippen LogP contribution in [0.15, 0.2) is 18.5 Å². The van der Waals surface area contributed by atoms with Gasteiger partial charge in [-0.25, -0.2) is 0 Å². The summed E-state index contributed by atoms with van der Waals surface area (Å²) < 4.78 is 7.03. The summed E-state index contributed by atoms with van der Waals surface area (Å²) in [6.07, 6.45) is 9.87. The summed E-state index contributed by atoms with van der Waals surface area (Å²) in [5.74, 6) is -0.115. The van der Waals surface area contributed by atoms with Gasteiger partial charge in [-0.2, -0.15) is 5.10 Å². The van der Waals surface area contributed by atoms with E-state index in [-0.39, 0.29) is 12.0 Å². The van der Waals surface area contributed by atoms with E-state index in [1.807, 2.05) is 16.9 Å². The van der Waals surface area contributed by atoms with Crippen LogP contribution in [0.4, 0.5) is 0 Å². The molecule has 2 fully saturated rings. The van der Waals surface area contributed by atoms with Crippen molar-refractivity contribution in [1.29, 1.82) is 0 Å². The zero-order chi connectivity index (χ0) is 13.3. The molecule has 0 aliphatic heterocycles. The molecule has 104 valence electrons. The number of esters is 1. The maximum atomic E-state index is 12.3. The Labute approximate surface area is 113 Å². The number of methoxy groups -OCH3 is 1. The van der Waals surface area contributed by atoms with E-state index in [9.17, 15) is 4.79 Å². The number of carbonyl (C=O) groups excluding carboxylic acids is 1. The predicted molar refractivity (Wildman–Crippen MR) is 70.6 cm³/mol. The SMILES string of the molecule is COC(=O)C1(NC2CC2)CCCC(n2cccn2)C1. The fourth-order valence-electron chi connectivity index (χ4n) is 3.16. The van der Waals surface area contributed by atoms with Gasteiger partial charge in [-0.15, -0.1) is 0 Å². The maximum absolute atomic E-state index is 12.3. The minimum Gasteiger partial charge on any atom is -0.468 e. The smallest absolute Gasteiger partial charge is 0.326 e. The summed E-state index contributed by atoms with van der Waals surface area (Å²) in [6, 6.07) is 2.72. The molecule has 3 rings (SSSR count). The Morgan fingerprint density at radius 2 is 2.32 bits per heavy atom. The van der Waals surface area contributed by atoms with Crippen LogP contribution in [-0.2, 0) is 9.53 Å². The zero-order valence-electron chi connectivity index (χ0n) is 11.3. The molecule has 2 unspecified atom stereocenters. The topological polar surface area (TPSA) is 56.1 Å². The van der Waals surface area contributed by atoms with Gasteiger partial charge in [0.2, 0.25) is 0 Å². The van der Waals surface area contributed by atoms with Gasteiger partial charge in [0.05, 0.1) is 13.2 Å². The molecule has 2 atom stereocenters. The van der Waals surface area contributed by atoms with Crippen LogP contribution in [0.5, 0.6) is 0 Å². The van der Waals surface area contributed by atoms with Gasteiger partial charge in [-0.05, 0) is 44.6 Å². The van der Waals surface area contributed by atoms with Crippen molar-refractivity contribution < 1.29 is 9.53 Å². The minimum atomic E-state index is -0.509. The number of aromatic nitrogens is 2. The first-order valence-corrected chi connectivity index (χ1v) is 7.09. The number of nitrogens with zero attached hydrogens (tertiary/aromatic N) is 2. The lowest BCUT2D eigenvalue weighted by atomic mass is 9.78. The van der Waals surface area contributed by atoms with Gasteiger partial charge in [0.15, 0.2) is 0 Å². The van der Waals surface area contributed by atoms with E-state index < -0.39 is 5.54 Å². The fourth-order valence-corrected chi connectivity index (χ4v) is 3.16. The van der Waals surface area contributed by atoms with Crippen LogP contribution in [0.2, 0.25) is 0 Å². The van der Waals surface area contributed by atoms with Crippen LogP contribution in [0.3, 0.4) is 0 Å². The second kappa shape index (κ2) is 4.96. The van der Waals surface area contributed by atoms with E-state index in [0.29, 0.717) is 6.04 Å². The monoisotopic (exact) mass is 263 g/mol. The van der Waals surface area contributed by atoms with Crippen molar-refractivity contribution >= 4 is 5.97 Å². The minimum absolute atomic E-state index is 0.115. The van der Waals surface area contributed by atoms with Gasteiger partial charge < -0.3 is 4.74 Å². The fraction of sp³-hybridized carbons (Fsp3) is 0.714. The Hall–Kier alpha value is -1.36. The Bertz CT molecular complexity index is 442. The zero-order valence-corrected chi connectivity index (χ0v) is 11.3. The average molecular weight is 263 g/mol. The number of nitrogens with one attached hydrogen (secondary N) is 1. The van der Waals surface area contributed by atoms with Crippen molar-refractivity contribution in [1.82, 2.24) is 15.1 Å². The lowest BCUT2D eigenvalue weighted by molar-refractivity contribution is -0.151. The highest BCUT2D eigenvalue weighted by Crippen LogP contribution is 2.38.